The van der Waals surface area contributed by atoms with E-state index in [9.17, 15) is 0 Å². The highest BCUT2D eigenvalue weighted by molar-refractivity contribution is 6.88. The molecule has 0 atom stereocenters. The monoisotopic (exact) mass is 444 g/mol. The molecule has 172 valence electrons. The Morgan fingerprint density at radius 1 is 0.300 bits per heavy atom. The molecule has 0 nitrogen and oxygen atoms in total. The Hall–Kier alpha value is -0.866. The van der Waals surface area contributed by atoms with Gasteiger partial charge in [0.05, 0.1) is 16.1 Å². The van der Waals surface area contributed by atoms with Crippen LogP contribution in [0.4, 0.5) is 0 Å². The van der Waals surface area contributed by atoms with E-state index < -0.39 is 16.1 Å². The van der Waals surface area contributed by atoms with E-state index in [1.807, 2.05) is 0 Å². The summed E-state index contributed by atoms with van der Waals surface area (Å²) in [6, 6.07) is 0. The molecule has 0 unspecified atom stereocenters. The predicted octanol–water partition coefficient (Wildman–Crippen LogP) is 10.2. The van der Waals surface area contributed by atoms with E-state index in [-0.39, 0.29) is 0 Å². The van der Waals surface area contributed by atoms with Crippen LogP contribution in [0.2, 0.25) is 33.2 Å². The lowest BCUT2D eigenvalue weighted by Gasteiger charge is -2.40. The Balaban J connectivity index is 5.08. The van der Waals surface area contributed by atoms with Crippen LogP contribution in [0.15, 0.2) is 60.0 Å². The molecule has 30 heavy (non-hydrogen) atoms. The lowest BCUT2D eigenvalue weighted by Crippen LogP contribution is -2.42. The summed E-state index contributed by atoms with van der Waals surface area (Å²) in [4.78, 5) is 0. The molecule has 0 fully saturated rings. The van der Waals surface area contributed by atoms with Crippen LogP contribution in [0.1, 0.15) is 83.1 Å². The lowest BCUT2D eigenvalue weighted by atomic mass is 10.4. The molecule has 0 saturated carbocycles. The third-order valence-corrected chi connectivity index (χ3v) is 21.1. The second-order valence-electron chi connectivity index (χ2n) is 10.8. The van der Waals surface area contributed by atoms with Crippen LogP contribution in [-0.4, -0.2) is 16.1 Å². The van der Waals surface area contributed by atoms with Gasteiger partial charge in [0.15, 0.2) is 0 Å². The molecule has 2 heteroatoms. The fourth-order valence-corrected chi connectivity index (χ4v) is 17.2. The van der Waals surface area contributed by atoms with Crippen LogP contribution in [0, 0.1) is 0 Å². The van der Waals surface area contributed by atoms with Crippen molar-refractivity contribution in [2.75, 3.05) is 0 Å². The van der Waals surface area contributed by atoms with Gasteiger partial charge in [-0.3, -0.25) is 0 Å². The molecular weight excluding hydrogens is 392 g/mol. The first kappa shape index (κ1) is 29.1. The number of hydrogen-bond donors (Lipinski definition) is 0. The van der Waals surface area contributed by atoms with Crippen molar-refractivity contribution in [3.05, 3.63) is 60.0 Å². The van der Waals surface area contributed by atoms with Gasteiger partial charge in [-0.05, 0) is 33.2 Å². The minimum atomic E-state index is -1.43. The molecule has 0 aromatic rings. The van der Waals surface area contributed by atoms with Crippen molar-refractivity contribution in [2.45, 2.75) is 116 Å². The molecule has 0 aromatic carbocycles. The van der Waals surface area contributed by atoms with E-state index in [0.717, 1.165) is 33.2 Å². The van der Waals surface area contributed by atoms with Gasteiger partial charge in [0.25, 0.3) is 0 Å². The molecule has 0 aromatic heterocycles. The van der Waals surface area contributed by atoms with Crippen molar-refractivity contribution in [2.24, 2.45) is 0 Å². The van der Waals surface area contributed by atoms with E-state index in [4.69, 9.17) is 0 Å². The van der Waals surface area contributed by atoms with E-state index in [2.05, 4.69) is 143 Å². The lowest BCUT2D eigenvalue weighted by molar-refractivity contribution is 0.833. The zero-order valence-corrected chi connectivity index (χ0v) is 24.2. The third-order valence-electron chi connectivity index (χ3n) is 7.55. The van der Waals surface area contributed by atoms with Crippen LogP contribution in [0.3, 0.4) is 0 Å². The summed E-state index contributed by atoms with van der Waals surface area (Å²) in [7, 11) is -2.87. The molecule has 0 saturated heterocycles. The summed E-state index contributed by atoms with van der Waals surface area (Å²) in [5, 5.41) is 0. The second-order valence-corrected chi connectivity index (χ2v) is 22.4. The van der Waals surface area contributed by atoms with Crippen LogP contribution in [-0.2, 0) is 0 Å². The summed E-state index contributed by atoms with van der Waals surface area (Å²) in [5.74, 6) is 0. The van der Waals surface area contributed by atoms with Crippen molar-refractivity contribution in [3.8, 4) is 0 Å². The van der Waals surface area contributed by atoms with Gasteiger partial charge in [0, 0.05) is 0 Å². The Morgan fingerprint density at radius 2 is 0.467 bits per heavy atom. The first-order valence-electron chi connectivity index (χ1n) is 12.2. The molecule has 0 spiro atoms. The Morgan fingerprint density at radius 3 is 0.633 bits per heavy atom. The van der Waals surface area contributed by atoms with Gasteiger partial charge in [-0.25, -0.2) is 0 Å². The summed E-state index contributed by atoms with van der Waals surface area (Å²) in [6.45, 7) is 28.9. The number of rotatable bonds is 12. The number of hydrogen-bond acceptors (Lipinski definition) is 0. The van der Waals surface area contributed by atoms with Gasteiger partial charge in [0.2, 0.25) is 0 Å². The average molecular weight is 445 g/mol. The normalized spacial score (nSPS) is 15.1. The van der Waals surface area contributed by atoms with E-state index in [0.29, 0.717) is 0 Å². The molecule has 0 radical (unpaired) electrons. The van der Waals surface area contributed by atoms with Crippen molar-refractivity contribution >= 4 is 16.1 Å². The fraction of sp³-hybridized carbons (Fsp3) is 0.643. The molecule has 0 heterocycles. The Bertz CT molecular complexity index is 513. The highest BCUT2D eigenvalue weighted by atomic mass is 28.3. The van der Waals surface area contributed by atoms with Crippen molar-refractivity contribution in [3.63, 3.8) is 0 Å². The molecule has 0 aliphatic heterocycles. The van der Waals surface area contributed by atoms with Gasteiger partial charge in [-0.1, -0.05) is 143 Å². The Labute approximate surface area is 192 Å². The van der Waals surface area contributed by atoms with Gasteiger partial charge < -0.3 is 0 Å². The van der Waals surface area contributed by atoms with Gasteiger partial charge in [0.1, 0.15) is 0 Å². The fourth-order valence-electron chi connectivity index (χ4n) is 5.98. The van der Waals surface area contributed by atoms with E-state index in [1.54, 1.807) is 0 Å². The molecule has 0 rings (SSSR count). The van der Waals surface area contributed by atoms with Crippen molar-refractivity contribution < 1.29 is 0 Å². The van der Waals surface area contributed by atoms with Gasteiger partial charge in [-0.2, -0.15) is 0 Å². The molecule has 0 aliphatic rings. The molecule has 0 aliphatic carbocycles. The number of allylic oxidation sites excluding steroid dienone is 8. The highest BCUT2D eigenvalue weighted by Gasteiger charge is 2.40. The first-order chi connectivity index (χ1) is 13.9. The van der Waals surface area contributed by atoms with Crippen LogP contribution in [0.5, 0.6) is 0 Å². The van der Waals surface area contributed by atoms with E-state index in [1.165, 1.54) is 0 Å². The minimum Gasteiger partial charge on any atom is -0.0935 e. The maximum absolute atomic E-state index is 2.57. The van der Waals surface area contributed by atoms with Crippen molar-refractivity contribution in [1.82, 2.24) is 0 Å². The summed E-state index contributed by atoms with van der Waals surface area (Å²) in [5.41, 5.74) is 9.76. The maximum Gasteiger partial charge on any atom is 0.0853 e. The SMILES string of the molecule is CC(C)[Si](/C=C/C=C/C=C/C=C/C=C/[Si](C(C)C)(C(C)C)C(C)C)(C(C)C)C(C)C. The molecule has 0 amide bonds. The zero-order chi connectivity index (χ0) is 23.5. The second kappa shape index (κ2) is 13.5. The maximum atomic E-state index is 2.57. The van der Waals surface area contributed by atoms with Crippen LogP contribution >= 0.6 is 0 Å². The molecule has 0 N–H and O–H groups in total. The van der Waals surface area contributed by atoms with Gasteiger partial charge in [-0.15, -0.1) is 0 Å². The molecular formula is C28H52Si2. The van der Waals surface area contributed by atoms with Crippen molar-refractivity contribution in [1.29, 1.82) is 0 Å². The minimum absolute atomic E-state index is 0.769. The summed E-state index contributed by atoms with van der Waals surface area (Å²) >= 11 is 0. The third kappa shape index (κ3) is 7.37. The zero-order valence-electron chi connectivity index (χ0n) is 22.2. The highest BCUT2D eigenvalue weighted by Crippen LogP contribution is 2.43. The summed E-state index contributed by atoms with van der Waals surface area (Å²) < 4.78 is 0. The molecule has 0 bridgehead atoms. The average Bonchev–Trinajstić information content (AvgIpc) is 2.60. The quantitative estimate of drug-likeness (QED) is 0.207. The predicted molar refractivity (Wildman–Crippen MR) is 148 cm³/mol. The first-order valence-corrected chi connectivity index (χ1v) is 16.9. The summed E-state index contributed by atoms with van der Waals surface area (Å²) in [6.07, 6.45) is 17.6. The topological polar surface area (TPSA) is 0 Å². The smallest absolute Gasteiger partial charge is 0.0853 e. The Kier molecular flexibility index (Phi) is 13.1. The largest absolute Gasteiger partial charge is 0.0935 e. The van der Waals surface area contributed by atoms with Crippen LogP contribution in [0.25, 0.3) is 0 Å². The van der Waals surface area contributed by atoms with E-state index >= 15 is 0 Å². The van der Waals surface area contributed by atoms with Gasteiger partial charge >= 0.3 is 0 Å². The van der Waals surface area contributed by atoms with Crippen LogP contribution < -0.4 is 0 Å². The standard InChI is InChI=1S/C28H52Si2/c1-23(2)29(24(3)4,25(5)6)21-19-17-15-13-14-16-18-20-22-30(26(7)8,27(9)10)28(11)12/h13-28H,1-12H3/b14-13+,17-15+,18-16+,21-19+,22-20+.